The maximum absolute atomic E-state index is 13.0. The fourth-order valence-electron chi connectivity index (χ4n) is 3.53. The SMILES string of the molecule is CCCOc1ccc(NC(=O)C[C@@H]2C(=O)N(CC)C(=S)N2Cc2ccc(OC)cc2)cc1. The van der Waals surface area contributed by atoms with Crippen molar-refractivity contribution in [1.82, 2.24) is 9.80 Å². The van der Waals surface area contributed by atoms with Gasteiger partial charge in [-0.3, -0.25) is 14.5 Å². The summed E-state index contributed by atoms with van der Waals surface area (Å²) in [5, 5.41) is 3.32. The molecule has 0 radical (unpaired) electrons. The van der Waals surface area contributed by atoms with E-state index in [9.17, 15) is 9.59 Å². The molecule has 2 aromatic rings. The van der Waals surface area contributed by atoms with Crippen LogP contribution >= 0.6 is 12.2 Å². The van der Waals surface area contributed by atoms with Crippen molar-refractivity contribution in [3.63, 3.8) is 0 Å². The number of anilines is 1. The van der Waals surface area contributed by atoms with Crippen LogP contribution < -0.4 is 14.8 Å². The molecule has 0 unspecified atom stereocenters. The molecular formula is C24H29N3O4S. The molecule has 2 aromatic carbocycles. The van der Waals surface area contributed by atoms with Gasteiger partial charge in [-0.05, 0) is 67.5 Å². The lowest BCUT2D eigenvalue weighted by molar-refractivity contribution is -0.130. The van der Waals surface area contributed by atoms with Crippen LogP contribution in [0.1, 0.15) is 32.3 Å². The van der Waals surface area contributed by atoms with E-state index in [0.717, 1.165) is 23.5 Å². The predicted octanol–water partition coefficient (Wildman–Crippen LogP) is 3.83. The summed E-state index contributed by atoms with van der Waals surface area (Å²) < 4.78 is 10.8. The third-order valence-electron chi connectivity index (χ3n) is 5.22. The average Bonchev–Trinajstić information content (AvgIpc) is 3.02. The van der Waals surface area contributed by atoms with Gasteiger partial charge in [0.15, 0.2) is 5.11 Å². The largest absolute Gasteiger partial charge is 0.497 e. The molecule has 1 atom stereocenters. The molecular weight excluding hydrogens is 426 g/mol. The van der Waals surface area contributed by atoms with E-state index in [-0.39, 0.29) is 18.2 Å². The molecule has 32 heavy (non-hydrogen) atoms. The number of amides is 2. The summed E-state index contributed by atoms with van der Waals surface area (Å²) in [5.74, 6) is 1.12. The Labute approximate surface area is 194 Å². The van der Waals surface area contributed by atoms with Crippen LogP contribution in [0, 0.1) is 0 Å². The number of methoxy groups -OCH3 is 1. The maximum Gasteiger partial charge on any atom is 0.252 e. The number of carbonyl (C=O) groups is 2. The molecule has 2 amide bonds. The zero-order valence-electron chi connectivity index (χ0n) is 18.7. The fourth-order valence-corrected chi connectivity index (χ4v) is 3.94. The molecule has 3 rings (SSSR count). The summed E-state index contributed by atoms with van der Waals surface area (Å²) in [4.78, 5) is 29.1. The van der Waals surface area contributed by atoms with E-state index in [2.05, 4.69) is 5.32 Å². The second kappa shape index (κ2) is 10.9. The number of nitrogens with one attached hydrogen (secondary N) is 1. The Hall–Kier alpha value is -3.13. The van der Waals surface area contributed by atoms with E-state index in [1.165, 1.54) is 0 Å². The lowest BCUT2D eigenvalue weighted by Gasteiger charge is -2.24. The highest BCUT2D eigenvalue weighted by Gasteiger charge is 2.42. The van der Waals surface area contributed by atoms with E-state index < -0.39 is 6.04 Å². The predicted molar refractivity (Wildman–Crippen MR) is 128 cm³/mol. The number of benzene rings is 2. The first-order valence-electron chi connectivity index (χ1n) is 10.7. The highest BCUT2D eigenvalue weighted by Crippen LogP contribution is 2.25. The van der Waals surface area contributed by atoms with Gasteiger partial charge in [0.05, 0.1) is 20.1 Å². The number of thiocarbonyl (C=S) groups is 1. The number of likely N-dealkylation sites (N-methyl/N-ethyl adjacent to an activating group) is 1. The minimum Gasteiger partial charge on any atom is -0.497 e. The van der Waals surface area contributed by atoms with Crippen LogP contribution in [0.3, 0.4) is 0 Å². The van der Waals surface area contributed by atoms with E-state index >= 15 is 0 Å². The van der Waals surface area contributed by atoms with Gasteiger partial charge in [-0.2, -0.15) is 0 Å². The molecule has 170 valence electrons. The third-order valence-corrected chi connectivity index (χ3v) is 5.68. The van der Waals surface area contributed by atoms with E-state index in [0.29, 0.717) is 30.5 Å². The Bertz CT molecular complexity index is 947. The molecule has 0 spiro atoms. The van der Waals surface area contributed by atoms with E-state index in [4.69, 9.17) is 21.7 Å². The Kier molecular flexibility index (Phi) is 8.05. The molecule has 0 aromatic heterocycles. The fraction of sp³-hybridized carbons (Fsp3) is 0.375. The number of carbonyl (C=O) groups excluding carboxylic acids is 2. The number of hydrogen-bond donors (Lipinski definition) is 1. The molecule has 1 fully saturated rings. The van der Waals surface area contributed by atoms with Crippen LogP contribution in [0.5, 0.6) is 11.5 Å². The van der Waals surface area contributed by atoms with Crippen molar-refractivity contribution in [2.45, 2.75) is 39.3 Å². The van der Waals surface area contributed by atoms with Crippen LogP contribution in [-0.4, -0.2) is 53.0 Å². The van der Waals surface area contributed by atoms with Crippen molar-refractivity contribution in [3.8, 4) is 11.5 Å². The number of nitrogens with zero attached hydrogens (tertiary/aromatic N) is 2. The van der Waals surface area contributed by atoms with Crippen LogP contribution in [0.25, 0.3) is 0 Å². The smallest absolute Gasteiger partial charge is 0.252 e. The van der Waals surface area contributed by atoms with Crippen molar-refractivity contribution in [2.24, 2.45) is 0 Å². The summed E-state index contributed by atoms with van der Waals surface area (Å²) in [6.07, 6.45) is 0.942. The van der Waals surface area contributed by atoms with Crippen molar-refractivity contribution in [2.75, 3.05) is 25.6 Å². The third kappa shape index (κ3) is 5.56. The monoisotopic (exact) mass is 455 g/mol. The summed E-state index contributed by atoms with van der Waals surface area (Å²) >= 11 is 5.56. The average molecular weight is 456 g/mol. The number of ether oxygens (including phenoxy) is 2. The molecule has 1 aliphatic rings. The molecule has 1 N–H and O–H groups in total. The molecule has 1 heterocycles. The van der Waals surface area contributed by atoms with Gasteiger partial charge in [-0.25, -0.2) is 0 Å². The van der Waals surface area contributed by atoms with Crippen LogP contribution in [0.2, 0.25) is 0 Å². The highest BCUT2D eigenvalue weighted by atomic mass is 32.1. The second-order valence-corrected chi connectivity index (χ2v) is 7.85. The zero-order valence-corrected chi connectivity index (χ0v) is 19.5. The molecule has 8 heteroatoms. The minimum absolute atomic E-state index is 0.0136. The molecule has 0 aliphatic carbocycles. The van der Waals surface area contributed by atoms with Crippen LogP contribution in [0.15, 0.2) is 48.5 Å². The molecule has 1 saturated heterocycles. The summed E-state index contributed by atoms with van der Waals surface area (Å²) in [6.45, 7) is 5.47. The van der Waals surface area contributed by atoms with Crippen molar-refractivity contribution >= 4 is 34.8 Å². The van der Waals surface area contributed by atoms with Crippen LogP contribution in [-0.2, 0) is 16.1 Å². The number of hydrogen-bond acceptors (Lipinski definition) is 5. The Balaban J connectivity index is 1.68. The van der Waals surface area contributed by atoms with Gasteiger partial charge in [0.2, 0.25) is 5.91 Å². The lowest BCUT2D eigenvalue weighted by atomic mass is 10.1. The van der Waals surface area contributed by atoms with Gasteiger partial charge >= 0.3 is 0 Å². The quantitative estimate of drug-likeness (QED) is 0.549. The first-order valence-corrected chi connectivity index (χ1v) is 11.1. The second-order valence-electron chi connectivity index (χ2n) is 7.48. The zero-order chi connectivity index (χ0) is 23.1. The summed E-state index contributed by atoms with van der Waals surface area (Å²) in [7, 11) is 1.61. The maximum atomic E-state index is 13.0. The molecule has 1 aliphatic heterocycles. The highest BCUT2D eigenvalue weighted by molar-refractivity contribution is 7.80. The van der Waals surface area contributed by atoms with Crippen molar-refractivity contribution in [1.29, 1.82) is 0 Å². The Morgan fingerprint density at radius 1 is 1.06 bits per heavy atom. The first kappa shape index (κ1) is 23.5. The first-order chi connectivity index (χ1) is 15.5. The minimum atomic E-state index is -0.642. The van der Waals surface area contributed by atoms with Gasteiger partial charge in [0.1, 0.15) is 17.5 Å². The summed E-state index contributed by atoms with van der Waals surface area (Å²) in [5.41, 5.74) is 1.63. The van der Waals surface area contributed by atoms with E-state index in [1.807, 2.05) is 55.1 Å². The van der Waals surface area contributed by atoms with Gasteiger partial charge < -0.3 is 19.7 Å². The molecule has 0 bridgehead atoms. The van der Waals surface area contributed by atoms with E-state index in [1.54, 1.807) is 24.1 Å². The lowest BCUT2D eigenvalue weighted by Crippen LogP contribution is -2.37. The van der Waals surface area contributed by atoms with Crippen LogP contribution in [0.4, 0.5) is 5.69 Å². The van der Waals surface area contributed by atoms with Gasteiger partial charge in [0.25, 0.3) is 5.91 Å². The standard InChI is InChI=1S/C24H29N3O4S/c1-4-14-31-20-12-8-18(9-13-20)25-22(28)15-21-23(29)26(5-2)24(32)27(21)16-17-6-10-19(30-3)11-7-17/h6-13,21H,4-5,14-16H2,1-3H3,(H,25,28)/t21-/m1/s1. The van der Waals surface area contributed by atoms with Gasteiger partial charge in [-0.15, -0.1) is 0 Å². The summed E-state index contributed by atoms with van der Waals surface area (Å²) in [6, 6.07) is 14.2. The topological polar surface area (TPSA) is 71.1 Å². The Morgan fingerprint density at radius 3 is 2.31 bits per heavy atom. The van der Waals surface area contributed by atoms with Crippen molar-refractivity contribution in [3.05, 3.63) is 54.1 Å². The number of rotatable bonds is 10. The Morgan fingerprint density at radius 2 is 1.72 bits per heavy atom. The molecule has 0 saturated carbocycles. The van der Waals surface area contributed by atoms with Gasteiger partial charge in [0, 0.05) is 18.8 Å². The van der Waals surface area contributed by atoms with Gasteiger partial charge in [-0.1, -0.05) is 19.1 Å². The van der Waals surface area contributed by atoms with Crippen molar-refractivity contribution < 1.29 is 19.1 Å². The molecule has 7 nitrogen and oxygen atoms in total. The normalized spacial score (nSPS) is 15.8.